The molecule has 0 bridgehead atoms. The van der Waals surface area contributed by atoms with Gasteiger partial charge in [0, 0.05) is 24.7 Å². The molecule has 0 unspecified atom stereocenters. The Morgan fingerprint density at radius 3 is 2.32 bits per heavy atom. The lowest BCUT2D eigenvalue weighted by molar-refractivity contribution is 0.102. The number of para-hydroxylation sites is 1. The van der Waals surface area contributed by atoms with Crippen LogP contribution < -0.4 is 5.32 Å². The first-order chi connectivity index (χ1) is 17.5. The van der Waals surface area contributed by atoms with Crippen molar-refractivity contribution in [3.63, 3.8) is 0 Å². The Balaban J connectivity index is 1.57. The topological polar surface area (TPSA) is 97.2 Å². The molecule has 196 valence electrons. The molecule has 2 aromatic carbocycles. The Morgan fingerprint density at radius 2 is 1.73 bits per heavy atom. The van der Waals surface area contributed by atoms with E-state index in [0.717, 1.165) is 4.70 Å². The zero-order valence-corrected chi connectivity index (χ0v) is 23.8. The molecule has 8 nitrogen and oxygen atoms in total. The van der Waals surface area contributed by atoms with Crippen molar-refractivity contribution in [2.45, 2.75) is 39.5 Å². The van der Waals surface area contributed by atoms with E-state index in [1.807, 2.05) is 46.8 Å². The highest BCUT2D eigenvalue weighted by Gasteiger charge is 2.26. The van der Waals surface area contributed by atoms with Crippen molar-refractivity contribution in [3.05, 3.63) is 64.8 Å². The number of benzene rings is 2. The second kappa shape index (κ2) is 10.9. The SMILES string of the molecule is Cc1cc(NC(=O)c2ccc(S(=O)(=O)N(CC(C)C)CC(C)C)cc2)n(-c2nc3c(Cl)cccc3s2)n1. The quantitative estimate of drug-likeness (QED) is 0.271. The zero-order valence-electron chi connectivity index (χ0n) is 21.4. The molecule has 37 heavy (non-hydrogen) atoms. The predicted octanol–water partition coefficient (Wildman–Crippen LogP) is 6.00. The summed E-state index contributed by atoms with van der Waals surface area (Å²) in [7, 11) is -3.68. The Bertz CT molecular complexity index is 1520. The summed E-state index contributed by atoms with van der Waals surface area (Å²) in [4.78, 5) is 17.8. The van der Waals surface area contributed by atoms with Gasteiger partial charge >= 0.3 is 0 Å². The predicted molar refractivity (Wildman–Crippen MR) is 149 cm³/mol. The van der Waals surface area contributed by atoms with E-state index in [-0.39, 0.29) is 22.6 Å². The maximum atomic E-state index is 13.3. The minimum Gasteiger partial charge on any atom is -0.306 e. The maximum absolute atomic E-state index is 13.3. The molecule has 1 N–H and O–H groups in total. The molecule has 1 amide bonds. The monoisotopic (exact) mass is 559 g/mol. The van der Waals surface area contributed by atoms with Crippen LogP contribution in [0.25, 0.3) is 15.3 Å². The number of nitrogens with zero attached hydrogens (tertiary/aromatic N) is 4. The molecule has 0 aliphatic heterocycles. The lowest BCUT2D eigenvalue weighted by atomic mass is 10.2. The van der Waals surface area contributed by atoms with E-state index in [2.05, 4.69) is 15.4 Å². The van der Waals surface area contributed by atoms with Gasteiger partial charge in [0.25, 0.3) is 5.91 Å². The summed E-state index contributed by atoms with van der Waals surface area (Å²) < 4.78 is 30.6. The minimum atomic E-state index is -3.68. The molecule has 0 aliphatic carbocycles. The van der Waals surface area contributed by atoms with Gasteiger partial charge in [0.1, 0.15) is 11.3 Å². The van der Waals surface area contributed by atoms with Gasteiger partial charge in [-0.05, 0) is 55.2 Å². The number of hydrogen-bond acceptors (Lipinski definition) is 6. The van der Waals surface area contributed by atoms with Crippen molar-refractivity contribution in [2.75, 3.05) is 18.4 Å². The molecule has 0 spiro atoms. The molecule has 2 heterocycles. The van der Waals surface area contributed by atoms with E-state index >= 15 is 0 Å². The van der Waals surface area contributed by atoms with Crippen LogP contribution in [0.3, 0.4) is 0 Å². The first-order valence-electron chi connectivity index (χ1n) is 12.0. The first-order valence-corrected chi connectivity index (χ1v) is 14.6. The molecule has 0 atom stereocenters. The molecule has 4 rings (SSSR count). The van der Waals surface area contributed by atoms with Gasteiger partial charge in [0.05, 0.1) is 20.3 Å². The van der Waals surface area contributed by atoms with E-state index in [1.54, 1.807) is 16.8 Å². The fourth-order valence-electron chi connectivity index (χ4n) is 3.93. The van der Waals surface area contributed by atoms with Crippen LogP contribution in [0.1, 0.15) is 43.7 Å². The van der Waals surface area contributed by atoms with Gasteiger partial charge in [-0.3, -0.25) is 4.79 Å². The number of carbonyl (C=O) groups is 1. The number of anilines is 1. The lowest BCUT2D eigenvalue weighted by Gasteiger charge is -2.25. The Labute approximate surface area is 226 Å². The largest absolute Gasteiger partial charge is 0.306 e. The third kappa shape index (κ3) is 6.04. The molecular formula is C26H30ClN5O3S2. The number of aromatic nitrogens is 3. The van der Waals surface area contributed by atoms with Crippen LogP contribution in [-0.4, -0.2) is 46.5 Å². The van der Waals surface area contributed by atoms with Crippen LogP contribution in [0.4, 0.5) is 5.82 Å². The van der Waals surface area contributed by atoms with E-state index in [9.17, 15) is 13.2 Å². The number of amides is 1. The molecule has 0 aliphatic rings. The number of rotatable bonds is 9. The van der Waals surface area contributed by atoms with Gasteiger partial charge in [-0.25, -0.2) is 13.4 Å². The molecule has 0 saturated heterocycles. The molecular weight excluding hydrogens is 530 g/mol. The summed E-state index contributed by atoms with van der Waals surface area (Å²) in [6, 6.07) is 13.3. The van der Waals surface area contributed by atoms with Crippen molar-refractivity contribution in [3.8, 4) is 5.13 Å². The van der Waals surface area contributed by atoms with E-state index in [0.29, 0.717) is 45.8 Å². The van der Waals surface area contributed by atoms with Crippen molar-refractivity contribution in [1.82, 2.24) is 19.1 Å². The van der Waals surface area contributed by atoms with Gasteiger partial charge < -0.3 is 5.32 Å². The van der Waals surface area contributed by atoms with Gasteiger partial charge in [-0.2, -0.15) is 14.1 Å². The normalized spacial score (nSPS) is 12.2. The van der Waals surface area contributed by atoms with Crippen LogP contribution in [0.5, 0.6) is 0 Å². The van der Waals surface area contributed by atoms with Gasteiger partial charge in [-0.1, -0.05) is 56.7 Å². The molecule has 11 heteroatoms. The van der Waals surface area contributed by atoms with Gasteiger partial charge in [0.15, 0.2) is 0 Å². The molecule has 0 radical (unpaired) electrons. The van der Waals surface area contributed by atoms with Crippen LogP contribution in [0, 0.1) is 18.8 Å². The first kappa shape index (κ1) is 27.3. The highest BCUT2D eigenvalue weighted by atomic mass is 35.5. The number of hydrogen-bond donors (Lipinski definition) is 1. The molecule has 4 aromatic rings. The molecule has 0 saturated carbocycles. The summed E-state index contributed by atoms with van der Waals surface area (Å²) in [5.41, 5.74) is 1.71. The third-order valence-corrected chi connectivity index (χ3v) is 8.65. The molecule has 2 aromatic heterocycles. The molecule has 0 fully saturated rings. The Morgan fingerprint density at radius 1 is 1.08 bits per heavy atom. The number of fused-ring (bicyclic) bond motifs is 1. The van der Waals surface area contributed by atoms with Crippen LogP contribution in [-0.2, 0) is 10.0 Å². The van der Waals surface area contributed by atoms with Crippen molar-refractivity contribution in [1.29, 1.82) is 0 Å². The summed E-state index contributed by atoms with van der Waals surface area (Å²) in [5.74, 6) is 0.455. The highest BCUT2D eigenvalue weighted by Crippen LogP contribution is 2.31. The van der Waals surface area contributed by atoms with Crippen molar-refractivity contribution < 1.29 is 13.2 Å². The smallest absolute Gasteiger partial charge is 0.256 e. The minimum absolute atomic E-state index is 0.164. The van der Waals surface area contributed by atoms with E-state index in [4.69, 9.17) is 11.6 Å². The van der Waals surface area contributed by atoms with Crippen molar-refractivity contribution in [2.24, 2.45) is 11.8 Å². The summed E-state index contributed by atoms with van der Waals surface area (Å²) in [6.07, 6.45) is 0. The zero-order chi connectivity index (χ0) is 26.9. The third-order valence-electron chi connectivity index (χ3n) is 5.50. The number of thiazole rings is 1. The van der Waals surface area contributed by atoms with E-state index in [1.165, 1.54) is 39.9 Å². The van der Waals surface area contributed by atoms with Crippen molar-refractivity contribution >= 4 is 54.9 Å². The number of sulfonamides is 1. The fraction of sp³-hybridized carbons (Fsp3) is 0.346. The fourth-order valence-corrected chi connectivity index (χ4v) is 6.93. The number of aryl methyl sites for hydroxylation is 1. The van der Waals surface area contributed by atoms with Crippen LogP contribution in [0.2, 0.25) is 5.02 Å². The average molecular weight is 560 g/mol. The summed E-state index contributed by atoms with van der Waals surface area (Å²) in [6.45, 7) is 10.7. The van der Waals surface area contributed by atoms with Gasteiger partial charge in [-0.15, -0.1) is 0 Å². The Kier molecular flexibility index (Phi) is 8.03. The number of halogens is 1. The average Bonchev–Trinajstić information content (AvgIpc) is 3.42. The van der Waals surface area contributed by atoms with E-state index < -0.39 is 10.0 Å². The summed E-state index contributed by atoms with van der Waals surface area (Å²) in [5, 5.41) is 8.48. The second-order valence-electron chi connectivity index (χ2n) is 9.75. The summed E-state index contributed by atoms with van der Waals surface area (Å²) >= 11 is 7.69. The maximum Gasteiger partial charge on any atom is 0.256 e. The van der Waals surface area contributed by atoms with Crippen LogP contribution in [0.15, 0.2) is 53.4 Å². The van der Waals surface area contributed by atoms with Crippen LogP contribution >= 0.6 is 22.9 Å². The number of nitrogens with one attached hydrogen (secondary N) is 1. The Hall–Kier alpha value is -2.79. The number of carbonyl (C=O) groups excluding carboxylic acids is 1. The second-order valence-corrected chi connectivity index (χ2v) is 13.1. The highest BCUT2D eigenvalue weighted by molar-refractivity contribution is 7.89. The van der Waals surface area contributed by atoms with Gasteiger partial charge in [0.2, 0.25) is 15.2 Å². The standard InChI is InChI=1S/C26H30ClN5O3S2/c1-16(2)14-31(15-17(3)4)37(34,35)20-11-9-19(10-12-20)25(33)28-23-13-18(5)30-32(23)26-29-24-21(27)7-6-8-22(24)36-26/h6-13,16-17H,14-15H2,1-5H3,(H,28,33). The lowest BCUT2D eigenvalue weighted by Crippen LogP contribution is -2.37.